The van der Waals surface area contributed by atoms with Gasteiger partial charge in [-0.05, 0) is 42.1 Å². The highest BCUT2D eigenvalue weighted by molar-refractivity contribution is 7.36. The molecule has 14 heteroatoms. The minimum absolute atomic E-state index is 0.0135. The van der Waals surface area contributed by atoms with Gasteiger partial charge in [-0.25, -0.2) is 4.98 Å². The number of aromatic nitrogens is 1. The van der Waals surface area contributed by atoms with E-state index in [0.717, 1.165) is 17.3 Å². The van der Waals surface area contributed by atoms with E-state index in [0.29, 0.717) is 26.2 Å². The second-order valence-corrected chi connectivity index (χ2v) is 17.8. The van der Waals surface area contributed by atoms with Crippen molar-refractivity contribution >= 4 is 43.4 Å². The minimum Gasteiger partial charge on any atom is -0.356 e. The largest absolute Gasteiger partial charge is 0.356 e. The van der Waals surface area contributed by atoms with E-state index in [1.165, 1.54) is 0 Å². The summed E-state index contributed by atoms with van der Waals surface area (Å²) in [5.74, 6) is -4.56. The first-order valence-corrected chi connectivity index (χ1v) is 20.2. The molecule has 3 aliphatic heterocycles. The molecular weight excluding hydrogens is 709 g/mol. The maximum Gasteiger partial charge on any atom is 0.252 e. The second-order valence-electron chi connectivity index (χ2n) is 16.5. The van der Waals surface area contributed by atoms with E-state index in [1.54, 1.807) is 6.20 Å². The van der Waals surface area contributed by atoms with Crippen molar-refractivity contribution in [2.75, 3.05) is 19.8 Å². The number of rotatable bonds is 15. The van der Waals surface area contributed by atoms with E-state index in [-0.39, 0.29) is 68.2 Å². The van der Waals surface area contributed by atoms with Gasteiger partial charge < -0.3 is 30.7 Å². The molecule has 5 rings (SSSR count). The van der Waals surface area contributed by atoms with E-state index < -0.39 is 58.8 Å². The van der Waals surface area contributed by atoms with Crippen LogP contribution in [0.5, 0.6) is 0 Å². The number of hydrogen-bond donors (Lipinski definition) is 4. The lowest BCUT2D eigenvalue weighted by Crippen LogP contribution is -2.60. The van der Waals surface area contributed by atoms with Crippen LogP contribution in [-0.4, -0.2) is 84.4 Å². The molecule has 2 aromatic rings. The average Bonchev–Trinajstić information content (AvgIpc) is 3.84. The van der Waals surface area contributed by atoms with Crippen LogP contribution in [0, 0.1) is 40.9 Å². The lowest BCUT2D eigenvalue weighted by molar-refractivity contribution is -0.147. The lowest BCUT2D eigenvalue weighted by Gasteiger charge is -2.36. The molecule has 54 heavy (non-hydrogen) atoms. The zero-order valence-corrected chi connectivity index (χ0v) is 33.4. The van der Waals surface area contributed by atoms with Crippen molar-refractivity contribution in [3.05, 3.63) is 42.0 Å². The molecule has 0 spiro atoms. The highest BCUT2D eigenvalue weighted by atomic mass is 31.0. The number of Topliss-reactive ketones (excluding diaryl/α,β-unsaturated/α-hetero) is 2. The lowest BCUT2D eigenvalue weighted by atomic mass is 9.75. The first-order valence-electron chi connectivity index (χ1n) is 19.2. The van der Waals surface area contributed by atoms with Gasteiger partial charge in [-0.3, -0.25) is 28.8 Å². The van der Waals surface area contributed by atoms with E-state index >= 15 is 0 Å². The molecule has 13 nitrogen and oxygen atoms in total. The molecule has 2 bridgehead atoms. The van der Waals surface area contributed by atoms with Gasteiger partial charge in [-0.15, -0.1) is 0 Å². The maximum absolute atomic E-state index is 14.2. The predicted molar refractivity (Wildman–Crippen MR) is 205 cm³/mol. The van der Waals surface area contributed by atoms with Crippen LogP contribution in [0.1, 0.15) is 84.4 Å². The smallest absolute Gasteiger partial charge is 0.252 e. The standard InChI is InChI=1S/C40H56N5O8P/c1-8-23-19-52-39-22(4)26(20-53-39)30(23)36(50)45-33(40(5,6)7)37(51)44-28(16-21(2)3)35(49)43-27(17-25-14-15-41-34(25)48)31(46)32(47)38-42-18-29(54-38)24-12-10-9-11-13-24/h9-13,18,21-23,25-28,30,33,39,54H,8,14-17,19-20H2,1-7H3,(H,41,48)(H,43,49)(H,44,51)(H,45,50)/t22?,23?,25?,26-,27?,28?,30?,33-,39?/m1/s1. The van der Waals surface area contributed by atoms with Crippen molar-refractivity contribution in [3.8, 4) is 10.9 Å². The SMILES string of the molecule is CCC1COC2OC[C@H](C2C)C1C(=O)N[C@H](C(=O)NC(CC(C)C)C(=O)NC(CC1CCNC1=O)C(=O)C(=O)c1ncc(-c2ccccc2)[pH]1)C(C)(C)C. The molecule has 0 radical (unpaired) electrons. The Morgan fingerprint density at radius 3 is 2.30 bits per heavy atom. The second kappa shape index (κ2) is 17.7. The third kappa shape index (κ3) is 9.65. The van der Waals surface area contributed by atoms with Gasteiger partial charge in [0.15, 0.2) is 6.29 Å². The summed E-state index contributed by atoms with van der Waals surface area (Å²) >= 11 is 0. The van der Waals surface area contributed by atoms with Crippen LogP contribution in [0.3, 0.4) is 0 Å². The summed E-state index contributed by atoms with van der Waals surface area (Å²) in [4.78, 5) is 86.7. The number of nitrogens with zero attached hydrogens (tertiary/aromatic N) is 1. The van der Waals surface area contributed by atoms with Crippen LogP contribution in [0.4, 0.5) is 0 Å². The summed E-state index contributed by atoms with van der Waals surface area (Å²) in [5, 5.41) is 12.2. The van der Waals surface area contributed by atoms with Crippen LogP contribution in [0.25, 0.3) is 10.9 Å². The van der Waals surface area contributed by atoms with Gasteiger partial charge in [0.25, 0.3) is 5.78 Å². The normalized spacial score (nSPS) is 25.7. The van der Waals surface area contributed by atoms with Gasteiger partial charge >= 0.3 is 0 Å². The van der Waals surface area contributed by atoms with E-state index in [1.807, 2.05) is 78.8 Å². The molecule has 294 valence electrons. The summed E-state index contributed by atoms with van der Waals surface area (Å²) in [6.07, 6.45) is 2.54. The number of hydrogen-bond acceptors (Lipinski definition) is 9. The fraction of sp³-hybridized carbons (Fsp3) is 0.625. The van der Waals surface area contributed by atoms with Crippen molar-refractivity contribution in [2.24, 2.45) is 40.9 Å². The minimum atomic E-state index is -1.32. The summed E-state index contributed by atoms with van der Waals surface area (Å²) in [6, 6.07) is 6.02. The van der Waals surface area contributed by atoms with Gasteiger partial charge in [-0.2, -0.15) is 0 Å². The first-order chi connectivity index (χ1) is 25.6. The fourth-order valence-corrected chi connectivity index (χ4v) is 8.86. The molecule has 8 unspecified atom stereocenters. The molecule has 3 fully saturated rings. The Morgan fingerprint density at radius 2 is 1.67 bits per heavy atom. The Kier molecular flexibility index (Phi) is 13.5. The Labute approximate surface area is 319 Å². The Morgan fingerprint density at radius 1 is 0.981 bits per heavy atom. The molecular formula is C40H56N5O8P. The number of ether oxygens (including phenoxy) is 2. The molecule has 10 atom stereocenters. The molecule has 1 aromatic carbocycles. The molecule has 1 aromatic heterocycles. The van der Waals surface area contributed by atoms with Crippen molar-refractivity contribution in [2.45, 2.75) is 98.6 Å². The van der Waals surface area contributed by atoms with Crippen LogP contribution in [0.15, 0.2) is 36.5 Å². The highest BCUT2D eigenvalue weighted by Gasteiger charge is 2.49. The first kappa shape index (κ1) is 41.2. The molecule has 4 N–H and O–H groups in total. The van der Waals surface area contributed by atoms with Crippen LogP contribution >= 0.6 is 8.19 Å². The number of benzene rings is 1. The van der Waals surface area contributed by atoms with Gasteiger partial charge in [0.2, 0.25) is 29.4 Å². The summed E-state index contributed by atoms with van der Waals surface area (Å²) in [7, 11) is -0.147. The number of fused-ring (bicyclic) bond motifs is 2. The molecule has 4 heterocycles. The van der Waals surface area contributed by atoms with Crippen molar-refractivity contribution < 1.29 is 38.2 Å². The average molecular weight is 766 g/mol. The van der Waals surface area contributed by atoms with E-state index in [4.69, 9.17) is 9.47 Å². The zero-order valence-electron chi connectivity index (χ0n) is 32.4. The number of ketones is 2. The maximum atomic E-state index is 14.2. The Balaban J connectivity index is 1.34. The number of carbonyl (C=O) groups is 6. The molecule has 0 saturated carbocycles. The Bertz CT molecular complexity index is 1690. The van der Waals surface area contributed by atoms with Gasteiger partial charge in [0.05, 0.1) is 19.3 Å². The third-order valence-corrected chi connectivity index (χ3v) is 12.3. The fourth-order valence-electron chi connectivity index (χ4n) is 7.80. The van der Waals surface area contributed by atoms with Gasteiger partial charge in [-0.1, -0.05) is 93.4 Å². The quantitative estimate of drug-likeness (QED) is 0.155. The molecule has 4 amide bonds. The van der Waals surface area contributed by atoms with Crippen molar-refractivity contribution in [1.82, 2.24) is 26.3 Å². The summed E-state index contributed by atoms with van der Waals surface area (Å²) in [6.45, 7) is 14.6. The van der Waals surface area contributed by atoms with E-state index in [2.05, 4.69) is 26.3 Å². The predicted octanol–water partition coefficient (Wildman–Crippen LogP) is 3.89. The van der Waals surface area contributed by atoms with Crippen molar-refractivity contribution in [3.63, 3.8) is 0 Å². The van der Waals surface area contributed by atoms with Crippen LogP contribution in [0.2, 0.25) is 0 Å². The van der Waals surface area contributed by atoms with Gasteiger partial charge in [0, 0.05) is 41.7 Å². The number of carbonyl (C=O) groups excluding carboxylic acids is 6. The summed E-state index contributed by atoms with van der Waals surface area (Å²) in [5.41, 5.74) is 0.241. The van der Waals surface area contributed by atoms with Gasteiger partial charge in [0.1, 0.15) is 17.5 Å². The molecule has 3 saturated heterocycles. The topological polar surface area (TPSA) is 182 Å². The highest BCUT2D eigenvalue weighted by Crippen LogP contribution is 2.41. The van der Waals surface area contributed by atoms with Crippen LogP contribution in [-0.2, 0) is 33.4 Å². The number of nitrogens with one attached hydrogen (secondary N) is 4. The Hall–Kier alpha value is -3.93. The summed E-state index contributed by atoms with van der Waals surface area (Å²) < 4.78 is 11.8. The van der Waals surface area contributed by atoms with Crippen LogP contribution < -0.4 is 21.3 Å². The van der Waals surface area contributed by atoms with Crippen molar-refractivity contribution in [1.29, 1.82) is 0 Å². The monoisotopic (exact) mass is 765 g/mol. The van der Waals surface area contributed by atoms with E-state index in [9.17, 15) is 28.8 Å². The molecule has 0 aliphatic carbocycles. The number of amides is 4. The molecule has 3 aliphatic rings. The third-order valence-electron chi connectivity index (χ3n) is 11.0. The zero-order chi connectivity index (χ0) is 39.3.